The van der Waals surface area contributed by atoms with Gasteiger partial charge in [-0.2, -0.15) is 18.3 Å². The molecule has 3 aromatic rings. The molecule has 1 aromatic carbocycles. The standard InChI is InChI=1S/C21H21F3N4O2S/c1-13(31(25,29)30)8-14-9-15-5-6-17(11-16(15)10-14)28-19(18-4-2-3-7-26-18)12-20(27-28)21(22,23)24/h2-7,11-14H,8-10H2,1H3,(H2,25,29,30)/t13?,14-/m0/s1. The minimum atomic E-state index is -4.58. The zero-order valence-electron chi connectivity index (χ0n) is 16.7. The smallest absolute Gasteiger partial charge is 0.255 e. The van der Waals surface area contributed by atoms with E-state index in [2.05, 4.69) is 10.1 Å². The van der Waals surface area contributed by atoms with Crippen LogP contribution in [0.15, 0.2) is 48.7 Å². The maximum absolute atomic E-state index is 13.3. The molecule has 4 rings (SSSR count). The summed E-state index contributed by atoms with van der Waals surface area (Å²) in [6.45, 7) is 1.59. The van der Waals surface area contributed by atoms with E-state index in [0.29, 0.717) is 30.6 Å². The lowest BCUT2D eigenvalue weighted by Gasteiger charge is -2.13. The van der Waals surface area contributed by atoms with Crippen LogP contribution in [0.4, 0.5) is 13.2 Å². The number of nitrogens with two attached hydrogens (primary N) is 1. The Kier molecular flexibility index (Phi) is 5.38. The van der Waals surface area contributed by atoms with Crippen LogP contribution >= 0.6 is 0 Å². The number of halogens is 3. The van der Waals surface area contributed by atoms with Crippen LogP contribution in [0.5, 0.6) is 0 Å². The highest BCUT2D eigenvalue weighted by Gasteiger charge is 2.35. The Morgan fingerprint density at radius 2 is 1.90 bits per heavy atom. The highest BCUT2D eigenvalue weighted by Crippen LogP contribution is 2.35. The van der Waals surface area contributed by atoms with Crippen molar-refractivity contribution in [1.82, 2.24) is 14.8 Å². The van der Waals surface area contributed by atoms with Gasteiger partial charge >= 0.3 is 6.18 Å². The fourth-order valence-electron chi connectivity index (χ4n) is 4.01. The summed E-state index contributed by atoms with van der Waals surface area (Å²) in [4.78, 5) is 4.17. The molecule has 31 heavy (non-hydrogen) atoms. The van der Waals surface area contributed by atoms with Gasteiger partial charge in [0, 0.05) is 6.20 Å². The van der Waals surface area contributed by atoms with Crippen LogP contribution in [0, 0.1) is 5.92 Å². The van der Waals surface area contributed by atoms with Gasteiger partial charge in [0.1, 0.15) is 0 Å². The summed E-state index contributed by atoms with van der Waals surface area (Å²) >= 11 is 0. The molecule has 0 saturated heterocycles. The molecule has 1 aliphatic carbocycles. The third-order valence-corrected chi connectivity index (χ3v) is 6.92. The minimum absolute atomic E-state index is 0.109. The van der Waals surface area contributed by atoms with E-state index >= 15 is 0 Å². The highest BCUT2D eigenvalue weighted by molar-refractivity contribution is 7.89. The molecular weight excluding hydrogens is 429 g/mol. The first kappa shape index (κ1) is 21.5. The second-order valence-corrected chi connectivity index (χ2v) is 9.88. The zero-order valence-corrected chi connectivity index (χ0v) is 17.5. The Bertz CT molecular complexity index is 1210. The number of sulfonamides is 1. The molecule has 0 fully saturated rings. The molecule has 0 spiro atoms. The molecule has 0 amide bonds. The van der Waals surface area contributed by atoms with E-state index < -0.39 is 27.1 Å². The number of hydrogen-bond donors (Lipinski definition) is 1. The number of nitrogens with zero attached hydrogens (tertiary/aromatic N) is 3. The Morgan fingerprint density at radius 3 is 2.55 bits per heavy atom. The fraction of sp³-hybridized carbons (Fsp3) is 0.333. The van der Waals surface area contributed by atoms with Gasteiger partial charge in [-0.25, -0.2) is 18.2 Å². The van der Waals surface area contributed by atoms with Gasteiger partial charge in [-0.3, -0.25) is 4.98 Å². The fourth-order valence-corrected chi connectivity index (χ4v) is 4.55. The summed E-state index contributed by atoms with van der Waals surface area (Å²) in [6, 6.07) is 11.4. The molecule has 2 aromatic heterocycles. The van der Waals surface area contributed by atoms with Gasteiger partial charge in [0.25, 0.3) is 0 Å². The molecule has 0 radical (unpaired) electrons. The average molecular weight is 450 g/mol. The number of benzene rings is 1. The summed E-state index contributed by atoms with van der Waals surface area (Å²) in [5.74, 6) is 0.109. The number of primary sulfonamides is 1. The number of aromatic nitrogens is 3. The molecule has 10 heteroatoms. The lowest BCUT2D eigenvalue weighted by atomic mass is 10.0. The number of rotatable bonds is 5. The van der Waals surface area contributed by atoms with Gasteiger partial charge in [0.05, 0.1) is 22.3 Å². The van der Waals surface area contributed by atoms with E-state index in [1.54, 1.807) is 31.2 Å². The third-order valence-electron chi connectivity index (χ3n) is 5.60. The molecule has 0 aliphatic heterocycles. The normalized spacial score (nSPS) is 17.5. The van der Waals surface area contributed by atoms with Crippen molar-refractivity contribution in [3.8, 4) is 17.1 Å². The molecular formula is C21H21F3N4O2S. The lowest BCUT2D eigenvalue weighted by Crippen LogP contribution is -2.28. The van der Waals surface area contributed by atoms with Crippen molar-refractivity contribution < 1.29 is 21.6 Å². The Labute approximate surface area is 178 Å². The second-order valence-electron chi connectivity index (χ2n) is 7.90. The zero-order chi connectivity index (χ0) is 22.4. The first-order chi connectivity index (χ1) is 14.5. The Balaban J connectivity index is 1.68. The van der Waals surface area contributed by atoms with Crippen LogP contribution < -0.4 is 5.14 Å². The third kappa shape index (κ3) is 4.49. The summed E-state index contributed by atoms with van der Waals surface area (Å²) in [5, 5.41) is 8.39. The van der Waals surface area contributed by atoms with Gasteiger partial charge in [-0.15, -0.1) is 0 Å². The van der Waals surface area contributed by atoms with Crippen molar-refractivity contribution in [1.29, 1.82) is 0 Å². The van der Waals surface area contributed by atoms with E-state index in [9.17, 15) is 21.6 Å². The summed E-state index contributed by atoms with van der Waals surface area (Å²) in [6.07, 6.45) is -1.30. The van der Waals surface area contributed by atoms with Crippen molar-refractivity contribution in [3.63, 3.8) is 0 Å². The number of pyridine rings is 1. The van der Waals surface area contributed by atoms with E-state index in [4.69, 9.17) is 5.14 Å². The number of fused-ring (bicyclic) bond motifs is 1. The van der Waals surface area contributed by atoms with Crippen molar-refractivity contribution in [2.24, 2.45) is 11.1 Å². The maximum Gasteiger partial charge on any atom is 0.435 e. The van der Waals surface area contributed by atoms with Crippen LogP contribution in [-0.2, 0) is 29.0 Å². The minimum Gasteiger partial charge on any atom is -0.255 e. The van der Waals surface area contributed by atoms with E-state index in [-0.39, 0.29) is 11.6 Å². The lowest BCUT2D eigenvalue weighted by molar-refractivity contribution is -0.141. The van der Waals surface area contributed by atoms with Crippen molar-refractivity contribution in [2.75, 3.05) is 0 Å². The van der Waals surface area contributed by atoms with Gasteiger partial charge in [0.2, 0.25) is 10.0 Å². The topological polar surface area (TPSA) is 90.9 Å². The highest BCUT2D eigenvalue weighted by atomic mass is 32.2. The Hall–Kier alpha value is -2.72. The number of hydrogen-bond acceptors (Lipinski definition) is 4. The average Bonchev–Trinajstić information content (AvgIpc) is 3.31. The molecule has 1 aliphatic rings. The van der Waals surface area contributed by atoms with Gasteiger partial charge in [0.15, 0.2) is 5.69 Å². The first-order valence-electron chi connectivity index (χ1n) is 9.75. The SMILES string of the molecule is CC(C[C@H]1Cc2ccc(-n3nc(C(F)(F)F)cc3-c3ccccn3)cc2C1)S(N)(=O)=O. The van der Waals surface area contributed by atoms with Crippen LogP contribution in [0.3, 0.4) is 0 Å². The predicted octanol–water partition coefficient (Wildman–Crippen LogP) is 3.74. The first-order valence-corrected chi connectivity index (χ1v) is 11.4. The van der Waals surface area contributed by atoms with E-state index in [0.717, 1.165) is 17.2 Å². The van der Waals surface area contributed by atoms with Crippen LogP contribution in [0.1, 0.15) is 30.2 Å². The van der Waals surface area contributed by atoms with Crippen LogP contribution in [-0.4, -0.2) is 28.4 Å². The second kappa shape index (κ2) is 7.76. The maximum atomic E-state index is 13.3. The Morgan fingerprint density at radius 1 is 1.16 bits per heavy atom. The van der Waals surface area contributed by atoms with Crippen LogP contribution in [0.2, 0.25) is 0 Å². The van der Waals surface area contributed by atoms with Gasteiger partial charge in [-0.05, 0) is 73.6 Å². The van der Waals surface area contributed by atoms with Crippen molar-refractivity contribution >= 4 is 10.0 Å². The van der Waals surface area contributed by atoms with E-state index in [1.807, 2.05) is 12.1 Å². The molecule has 2 atom stereocenters. The summed E-state index contributed by atoms with van der Waals surface area (Å²) in [7, 11) is -3.60. The quantitative estimate of drug-likeness (QED) is 0.641. The largest absolute Gasteiger partial charge is 0.435 e. The molecule has 2 N–H and O–H groups in total. The van der Waals surface area contributed by atoms with Crippen molar-refractivity contribution in [2.45, 2.75) is 37.6 Å². The predicted molar refractivity (Wildman–Crippen MR) is 110 cm³/mol. The molecule has 0 bridgehead atoms. The van der Waals surface area contributed by atoms with Crippen LogP contribution in [0.25, 0.3) is 17.1 Å². The monoisotopic (exact) mass is 450 g/mol. The summed E-state index contributed by atoms with van der Waals surface area (Å²) < 4.78 is 64.4. The summed E-state index contributed by atoms with van der Waals surface area (Å²) in [5.41, 5.74) is 2.15. The van der Waals surface area contributed by atoms with E-state index in [1.165, 1.54) is 10.9 Å². The van der Waals surface area contributed by atoms with Gasteiger partial charge < -0.3 is 0 Å². The molecule has 164 valence electrons. The van der Waals surface area contributed by atoms with Crippen molar-refractivity contribution in [3.05, 3.63) is 65.5 Å². The van der Waals surface area contributed by atoms with Gasteiger partial charge in [-0.1, -0.05) is 12.1 Å². The molecule has 2 heterocycles. The molecule has 0 saturated carbocycles. The number of alkyl halides is 3. The molecule has 1 unspecified atom stereocenters. The molecule has 6 nitrogen and oxygen atoms in total.